The van der Waals surface area contributed by atoms with Gasteiger partial charge in [-0.1, -0.05) is 46.9 Å². The Bertz CT molecular complexity index is 590. The Labute approximate surface area is 141 Å². The van der Waals surface area contributed by atoms with Gasteiger partial charge in [-0.05, 0) is 54.5 Å². The Morgan fingerprint density at radius 3 is 2.04 bits per heavy atom. The Morgan fingerprint density at radius 1 is 0.957 bits per heavy atom. The third-order valence-corrected chi connectivity index (χ3v) is 6.42. The van der Waals surface area contributed by atoms with E-state index in [4.69, 9.17) is 0 Å². The van der Waals surface area contributed by atoms with E-state index in [1.165, 1.54) is 43.0 Å². The highest BCUT2D eigenvalue weighted by molar-refractivity contribution is 7.44. The summed E-state index contributed by atoms with van der Waals surface area (Å²) >= 11 is 0. The van der Waals surface area contributed by atoms with Gasteiger partial charge in [0.05, 0.1) is 11.4 Å². The molecule has 3 heteroatoms. The van der Waals surface area contributed by atoms with E-state index in [1.807, 2.05) is 24.5 Å². The number of rotatable bonds is 5. The molecule has 2 aromatic rings. The molecule has 0 spiro atoms. The second-order valence-corrected chi connectivity index (χ2v) is 7.83. The summed E-state index contributed by atoms with van der Waals surface area (Å²) in [6.07, 6.45) is 11.8. The van der Waals surface area contributed by atoms with Gasteiger partial charge in [-0.3, -0.25) is 9.97 Å². The predicted octanol–water partition coefficient (Wildman–Crippen LogP) is 5.66. The van der Waals surface area contributed by atoms with Crippen LogP contribution in [0.25, 0.3) is 5.57 Å². The van der Waals surface area contributed by atoms with Crippen molar-refractivity contribution in [3.05, 3.63) is 65.5 Å². The molecule has 0 saturated heterocycles. The monoisotopic (exact) mass is 324 g/mol. The third-order valence-electron chi connectivity index (χ3n) is 4.48. The van der Waals surface area contributed by atoms with Crippen molar-refractivity contribution in [2.45, 2.75) is 51.1 Å². The molecule has 0 aliphatic heterocycles. The van der Waals surface area contributed by atoms with E-state index < -0.39 is 0 Å². The van der Waals surface area contributed by atoms with Gasteiger partial charge >= 0.3 is 0 Å². The summed E-state index contributed by atoms with van der Waals surface area (Å²) in [4.78, 5) is 9.25. The molecule has 1 fully saturated rings. The molecule has 2 aromatic heterocycles. The topological polar surface area (TPSA) is 25.8 Å². The van der Waals surface area contributed by atoms with Crippen molar-refractivity contribution in [1.29, 1.82) is 0 Å². The van der Waals surface area contributed by atoms with Crippen LogP contribution in [0, 0.1) is 0 Å². The average Bonchev–Trinajstić information content (AvgIpc) is 2.64. The smallest absolute Gasteiger partial charge is 0.0726 e. The van der Waals surface area contributed by atoms with E-state index in [0.717, 1.165) is 32.0 Å². The highest BCUT2D eigenvalue weighted by Crippen LogP contribution is 2.44. The van der Waals surface area contributed by atoms with Gasteiger partial charge < -0.3 is 0 Å². The van der Waals surface area contributed by atoms with Crippen LogP contribution in [0.5, 0.6) is 0 Å². The zero-order chi connectivity index (χ0) is 15.9. The Kier molecular flexibility index (Phi) is 5.93. The van der Waals surface area contributed by atoms with Gasteiger partial charge in [0.2, 0.25) is 0 Å². The van der Waals surface area contributed by atoms with Crippen molar-refractivity contribution < 1.29 is 0 Å². The first kappa shape index (κ1) is 16.3. The van der Waals surface area contributed by atoms with Crippen LogP contribution < -0.4 is 0 Å². The summed E-state index contributed by atoms with van der Waals surface area (Å²) in [5.41, 5.74) is 4.25. The van der Waals surface area contributed by atoms with E-state index in [2.05, 4.69) is 41.2 Å². The summed E-state index contributed by atoms with van der Waals surface area (Å²) in [6, 6.07) is 12.3. The van der Waals surface area contributed by atoms with Crippen molar-refractivity contribution in [3.8, 4) is 0 Å². The first-order valence-electron chi connectivity index (χ1n) is 8.71. The number of hydrogen-bond acceptors (Lipinski definition) is 2. The fourth-order valence-corrected chi connectivity index (χ4v) is 5.10. The van der Waals surface area contributed by atoms with Crippen molar-refractivity contribution in [2.75, 3.05) is 0 Å². The van der Waals surface area contributed by atoms with Gasteiger partial charge in [0.15, 0.2) is 0 Å². The van der Waals surface area contributed by atoms with Crippen LogP contribution in [0.4, 0.5) is 0 Å². The quantitative estimate of drug-likeness (QED) is 0.663. The predicted molar refractivity (Wildman–Crippen MR) is 100.0 cm³/mol. The molecule has 120 valence electrons. The molecular formula is C20H25N2P. The Morgan fingerprint density at radius 2 is 1.57 bits per heavy atom. The third kappa shape index (κ3) is 4.26. The number of hydrogen-bond donors (Lipinski definition) is 0. The minimum Gasteiger partial charge on any atom is -0.256 e. The molecule has 1 atom stereocenters. The maximum absolute atomic E-state index is 4.62. The molecule has 1 saturated carbocycles. The van der Waals surface area contributed by atoms with E-state index in [0.29, 0.717) is 0 Å². The van der Waals surface area contributed by atoms with E-state index in [-0.39, 0.29) is 0 Å². The lowest BCUT2D eigenvalue weighted by molar-refractivity contribution is 0.514. The lowest BCUT2D eigenvalue weighted by Gasteiger charge is -2.24. The van der Waals surface area contributed by atoms with Gasteiger partial charge in [-0.25, -0.2) is 0 Å². The first-order chi connectivity index (χ1) is 11.4. The summed E-state index contributed by atoms with van der Waals surface area (Å²) < 4.78 is 0. The standard InChI is InChI=1S/C20H25N2P/c1-2-19(23-16-10-4-3-5-11-16)20(17-12-6-8-14-21-17)18-13-7-9-15-22-18/h6-9,12-16,23H,2-5,10-11H2,1H3. The molecule has 0 radical (unpaired) electrons. The normalized spacial score (nSPS) is 15.9. The number of aromatic nitrogens is 2. The Balaban J connectivity index is 2.00. The molecule has 2 nitrogen and oxygen atoms in total. The van der Waals surface area contributed by atoms with Gasteiger partial charge in [-0.15, -0.1) is 0 Å². The molecule has 0 amide bonds. The van der Waals surface area contributed by atoms with E-state index in [1.54, 1.807) is 0 Å². The lowest BCUT2D eigenvalue weighted by atomic mass is 10.0. The van der Waals surface area contributed by atoms with Gasteiger partial charge in [0.25, 0.3) is 0 Å². The molecular weight excluding hydrogens is 299 g/mol. The van der Waals surface area contributed by atoms with Crippen molar-refractivity contribution in [1.82, 2.24) is 9.97 Å². The molecule has 1 aliphatic carbocycles. The minimum absolute atomic E-state index is 0.862. The summed E-state index contributed by atoms with van der Waals surface area (Å²) in [6.45, 7) is 2.27. The number of nitrogens with zero attached hydrogens (tertiary/aromatic N) is 2. The van der Waals surface area contributed by atoms with Crippen LogP contribution in [-0.4, -0.2) is 15.6 Å². The number of pyridine rings is 2. The van der Waals surface area contributed by atoms with E-state index >= 15 is 0 Å². The molecule has 0 aromatic carbocycles. The second kappa shape index (κ2) is 8.36. The van der Waals surface area contributed by atoms with Gasteiger partial charge in [-0.2, -0.15) is 0 Å². The number of allylic oxidation sites excluding steroid dienone is 1. The summed E-state index contributed by atoms with van der Waals surface area (Å²) in [5, 5.41) is 1.54. The van der Waals surface area contributed by atoms with Crippen molar-refractivity contribution >= 4 is 14.2 Å². The highest BCUT2D eigenvalue weighted by Gasteiger charge is 2.19. The minimum atomic E-state index is 0.862. The highest BCUT2D eigenvalue weighted by atomic mass is 31.1. The van der Waals surface area contributed by atoms with Crippen LogP contribution in [0.3, 0.4) is 0 Å². The maximum atomic E-state index is 4.62. The zero-order valence-corrected chi connectivity index (χ0v) is 14.8. The Hall–Kier alpha value is -1.53. The van der Waals surface area contributed by atoms with Crippen LogP contribution in [0.1, 0.15) is 56.8 Å². The second-order valence-electron chi connectivity index (χ2n) is 6.12. The van der Waals surface area contributed by atoms with Crippen LogP contribution in [-0.2, 0) is 0 Å². The molecule has 1 aliphatic rings. The maximum Gasteiger partial charge on any atom is 0.0726 e. The first-order valence-corrected chi connectivity index (χ1v) is 9.78. The van der Waals surface area contributed by atoms with Gasteiger partial charge in [0, 0.05) is 18.0 Å². The summed E-state index contributed by atoms with van der Waals surface area (Å²) in [7, 11) is 0.904. The molecule has 0 bridgehead atoms. The SMILES string of the molecule is CCC(PC1CCCCC1)=C(c1ccccn1)c1ccccn1. The average molecular weight is 324 g/mol. The van der Waals surface area contributed by atoms with Crippen molar-refractivity contribution in [3.63, 3.8) is 0 Å². The lowest BCUT2D eigenvalue weighted by Crippen LogP contribution is -2.07. The molecule has 0 N–H and O–H groups in total. The van der Waals surface area contributed by atoms with Crippen LogP contribution in [0.2, 0.25) is 0 Å². The zero-order valence-electron chi connectivity index (χ0n) is 13.8. The van der Waals surface area contributed by atoms with E-state index in [9.17, 15) is 0 Å². The molecule has 2 heterocycles. The van der Waals surface area contributed by atoms with Gasteiger partial charge in [0.1, 0.15) is 0 Å². The molecule has 1 unspecified atom stereocenters. The summed E-state index contributed by atoms with van der Waals surface area (Å²) in [5.74, 6) is 0. The fraction of sp³-hybridized carbons (Fsp3) is 0.400. The largest absolute Gasteiger partial charge is 0.256 e. The van der Waals surface area contributed by atoms with Crippen LogP contribution >= 0.6 is 8.58 Å². The van der Waals surface area contributed by atoms with Crippen molar-refractivity contribution in [2.24, 2.45) is 0 Å². The molecule has 3 rings (SSSR count). The fourth-order valence-electron chi connectivity index (χ4n) is 3.31. The van der Waals surface area contributed by atoms with Crippen LogP contribution in [0.15, 0.2) is 54.1 Å². The molecule has 23 heavy (non-hydrogen) atoms.